The van der Waals surface area contributed by atoms with Crippen LogP contribution in [0.4, 0.5) is 13.2 Å². The Morgan fingerprint density at radius 1 is 1.10 bits per heavy atom. The highest BCUT2D eigenvalue weighted by atomic mass is 32.2. The molecule has 2 heterocycles. The highest BCUT2D eigenvalue weighted by Gasteiger charge is 2.57. The molecule has 12 heteroatoms. The number of rotatable bonds is 7. The Kier molecular flexibility index (Phi) is 6.77. The molecule has 0 radical (unpaired) electrons. The summed E-state index contributed by atoms with van der Waals surface area (Å²) in [6, 6.07) is 9.27. The van der Waals surface area contributed by atoms with Gasteiger partial charge in [-0.2, -0.15) is 21.6 Å². The van der Waals surface area contributed by atoms with Gasteiger partial charge in [0, 0.05) is 7.11 Å². The Balaban J connectivity index is 1.76. The minimum absolute atomic E-state index is 0.200. The van der Waals surface area contributed by atoms with Crippen LogP contribution in [0.5, 0.6) is 0 Å². The van der Waals surface area contributed by atoms with Gasteiger partial charge in [0.2, 0.25) is 0 Å². The third kappa shape index (κ3) is 5.13. The van der Waals surface area contributed by atoms with Crippen LogP contribution in [0.15, 0.2) is 30.3 Å². The summed E-state index contributed by atoms with van der Waals surface area (Å²) in [5, 5.41) is 0. The molecule has 8 nitrogen and oxygen atoms in total. The summed E-state index contributed by atoms with van der Waals surface area (Å²) in [6.45, 7) is 2.51. The quantitative estimate of drug-likeness (QED) is 0.456. The molecule has 0 N–H and O–H groups in total. The van der Waals surface area contributed by atoms with Crippen LogP contribution < -0.4 is 0 Å². The first-order valence-electron chi connectivity index (χ1n) is 9.08. The molecule has 1 aromatic carbocycles. The molecule has 0 aliphatic carbocycles. The van der Waals surface area contributed by atoms with Gasteiger partial charge in [-0.15, -0.1) is 0 Å². The fourth-order valence-electron chi connectivity index (χ4n) is 3.33. The van der Waals surface area contributed by atoms with Gasteiger partial charge in [-0.05, 0) is 19.4 Å². The smallest absolute Gasteiger partial charge is 0.365 e. The molecule has 30 heavy (non-hydrogen) atoms. The van der Waals surface area contributed by atoms with Gasteiger partial charge in [0.15, 0.2) is 12.1 Å². The summed E-state index contributed by atoms with van der Waals surface area (Å²) in [5.74, 6) is -1.10. The van der Waals surface area contributed by atoms with Crippen molar-refractivity contribution in [2.45, 2.75) is 62.5 Å². The van der Waals surface area contributed by atoms with Crippen molar-refractivity contribution in [2.75, 3.05) is 13.7 Å². The van der Waals surface area contributed by atoms with Crippen molar-refractivity contribution in [1.29, 1.82) is 0 Å². The number of hydrogen-bond acceptors (Lipinski definition) is 8. The van der Waals surface area contributed by atoms with Gasteiger partial charge in [-0.1, -0.05) is 30.3 Å². The summed E-state index contributed by atoms with van der Waals surface area (Å²) in [4.78, 5) is 0. The van der Waals surface area contributed by atoms with E-state index >= 15 is 0 Å². The number of halogens is 3. The monoisotopic (exact) mass is 456 g/mol. The SMILES string of the molecule is CO[C@H]1O[C@H](COS(=O)(=O)C(F)(F)F)[C@@H]2OC(C)(C)O[C@@H]2[C@H]1OCc1ccccc1. The zero-order valence-electron chi connectivity index (χ0n) is 16.5. The number of methoxy groups -OCH3 is 1. The van der Waals surface area contributed by atoms with E-state index in [1.807, 2.05) is 30.3 Å². The topological polar surface area (TPSA) is 89.5 Å². The van der Waals surface area contributed by atoms with Gasteiger partial charge in [-0.3, -0.25) is 4.18 Å². The second-order valence-corrected chi connectivity index (χ2v) is 8.90. The lowest BCUT2D eigenvalue weighted by atomic mass is 9.99. The van der Waals surface area contributed by atoms with E-state index in [1.54, 1.807) is 13.8 Å². The Morgan fingerprint density at radius 3 is 2.33 bits per heavy atom. The van der Waals surface area contributed by atoms with E-state index in [-0.39, 0.29) is 6.61 Å². The molecule has 5 atom stereocenters. The van der Waals surface area contributed by atoms with Crippen LogP contribution in [0.3, 0.4) is 0 Å². The molecule has 0 saturated carbocycles. The molecule has 2 saturated heterocycles. The van der Waals surface area contributed by atoms with E-state index in [1.165, 1.54) is 7.11 Å². The average molecular weight is 456 g/mol. The molecule has 3 rings (SSSR count). The second kappa shape index (κ2) is 8.69. The molecule has 0 amide bonds. The zero-order chi connectivity index (χ0) is 22.2. The van der Waals surface area contributed by atoms with E-state index in [9.17, 15) is 21.6 Å². The Labute approximate surface area is 172 Å². The standard InChI is InChI=1S/C18H23F3O8S/c1-17(2)28-13-12(10-26-30(22,23)18(19,20)21)27-16(24-3)15(14(13)29-17)25-9-11-7-5-4-6-8-11/h4-8,12-16H,9-10H2,1-3H3/t12-,13+,14+,15-,16+/m1/s1. The summed E-state index contributed by atoms with van der Waals surface area (Å²) >= 11 is 0. The maximum Gasteiger partial charge on any atom is 0.523 e. The predicted molar refractivity (Wildman–Crippen MR) is 95.4 cm³/mol. The van der Waals surface area contributed by atoms with Crippen molar-refractivity contribution in [3.8, 4) is 0 Å². The van der Waals surface area contributed by atoms with Crippen molar-refractivity contribution < 1.29 is 49.5 Å². The van der Waals surface area contributed by atoms with Crippen LogP contribution in [-0.2, 0) is 44.6 Å². The molecule has 2 fully saturated rings. The number of ether oxygens (including phenoxy) is 5. The van der Waals surface area contributed by atoms with Gasteiger partial charge >= 0.3 is 15.6 Å². The fourth-order valence-corrected chi connectivity index (χ4v) is 3.78. The fraction of sp³-hybridized carbons (Fsp3) is 0.667. The van der Waals surface area contributed by atoms with Gasteiger partial charge in [0.1, 0.15) is 24.4 Å². The van der Waals surface area contributed by atoms with E-state index in [4.69, 9.17) is 23.7 Å². The van der Waals surface area contributed by atoms with Crippen molar-refractivity contribution in [3.63, 3.8) is 0 Å². The predicted octanol–water partition coefficient (Wildman–Crippen LogP) is 2.33. The van der Waals surface area contributed by atoms with Crippen molar-refractivity contribution in [3.05, 3.63) is 35.9 Å². The number of benzene rings is 1. The van der Waals surface area contributed by atoms with Crippen LogP contribution in [0.1, 0.15) is 19.4 Å². The highest BCUT2D eigenvalue weighted by Crippen LogP contribution is 2.39. The zero-order valence-corrected chi connectivity index (χ0v) is 17.3. The van der Waals surface area contributed by atoms with Crippen molar-refractivity contribution >= 4 is 10.1 Å². The van der Waals surface area contributed by atoms with Crippen LogP contribution >= 0.6 is 0 Å². The maximum absolute atomic E-state index is 12.6. The Morgan fingerprint density at radius 2 is 1.73 bits per heavy atom. The van der Waals surface area contributed by atoms with E-state index in [0.29, 0.717) is 0 Å². The van der Waals surface area contributed by atoms with Crippen molar-refractivity contribution in [2.24, 2.45) is 0 Å². The molecule has 0 aromatic heterocycles. The summed E-state index contributed by atoms with van der Waals surface area (Å²) in [5.41, 5.74) is -4.67. The molecule has 1 aromatic rings. The lowest BCUT2D eigenvalue weighted by molar-refractivity contribution is -0.285. The lowest BCUT2D eigenvalue weighted by Crippen LogP contribution is -2.59. The second-order valence-electron chi connectivity index (χ2n) is 7.29. The first-order valence-corrected chi connectivity index (χ1v) is 10.5. The van der Waals surface area contributed by atoms with Crippen LogP contribution in [0.2, 0.25) is 0 Å². The molecule has 2 aliphatic rings. The maximum atomic E-state index is 12.6. The first-order chi connectivity index (χ1) is 13.9. The molecule has 0 spiro atoms. The number of hydrogen-bond donors (Lipinski definition) is 0. The highest BCUT2D eigenvalue weighted by molar-refractivity contribution is 7.87. The van der Waals surface area contributed by atoms with E-state index in [2.05, 4.69) is 4.18 Å². The molecule has 0 bridgehead atoms. The van der Waals surface area contributed by atoms with E-state index in [0.717, 1.165) is 5.56 Å². The third-order valence-corrected chi connectivity index (χ3v) is 5.63. The number of alkyl halides is 3. The van der Waals surface area contributed by atoms with Crippen LogP contribution in [0.25, 0.3) is 0 Å². The van der Waals surface area contributed by atoms with Gasteiger partial charge in [0.05, 0.1) is 13.2 Å². The first kappa shape index (κ1) is 23.4. The van der Waals surface area contributed by atoms with Gasteiger partial charge in [0.25, 0.3) is 0 Å². The lowest BCUT2D eigenvalue weighted by Gasteiger charge is -2.41. The Bertz CT molecular complexity index is 814. The normalized spacial score (nSPS) is 31.5. The molecule has 170 valence electrons. The van der Waals surface area contributed by atoms with Crippen LogP contribution in [0, 0.1) is 0 Å². The molecule has 2 aliphatic heterocycles. The van der Waals surface area contributed by atoms with E-state index < -0.39 is 58.7 Å². The molecular formula is C18H23F3O8S. The average Bonchev–Trinajstić information content (AvgIpc) is 2.99. The molecule has 0 unspecified atom stereocenters. The van der Waals surface area contributed by atoms with Gasteiger partial charge in [-0.25, -0.2) is 0 Å². The summed E-state index contributed by atoms with van der Waals surface area (Å²) in [6.07, 6.45) is -4.75. The minimum atomic E-state index is -5.79. The number of fused-ring (bicyclic) bond motifs is 1. The largest absolute Gasteiger partial charge is 0.523 e. The van der Waals surface area contributed by atoms with Crippen molar-refractivity contribution in [1.82, 2.24) is 0 Å². The Hall–Kier alpha value is -1.28. The minimum Gasteiger partial charge on any atom is -0.365 e. The molecular weight excluding hydrogens is 433 g/mol. The van der Waals surface area contributed by atoms with Crippen LogP contribution in [-0.4, -0.2) is 64.1 Å². The third-order valence-electron chi connectivity index (χ3n) is 4.62. The van der Waals surface area contributed by atoms with Gasteiger partial charge < -0.3 is 23.7 Å². The summed E-state index contributed by atoms with van der Waals surface area (Å²) < 4.78 is 92.9. The summed E-state index contributed by atoms with van der Waals surface area (Å²) in [7, 11) is -4.46.